The van der Waals surface area contributed by atoms with Gasteiger partial charge in [-0.1, -0.05) is 22.0 Å². The lowest BCUT2D eigenvalue weighted by Gasteiger charge is -2.47. The van der Waals surface area contributed by atoms with E-state index in [1.165, 1.54) is 11.1 Å². The Kier molecular flexibility index (Phi) is 4.63. The van der Waals surface area contributed by atoms with Crippen molar-refractivity contribution in [3.8, 4) is 0 Å². The molecule has 0 heterocycles. The summed E-state index contributed by atoms with van der Waals surface area (Å²) in [5.41, 5.74) is 12.0. The highest BCUT2D eigenvalue weighted by Gasteiger charge is 2.56. The first kappa shape index (κ1) is 16.4. The maximum absolute atomic E-state index is 7.00. The predicted molar refractivity (Wildman–Crippen MR) is 90.4 cm³/mol. The minimum atomic E-state index is -0.451. The average molecular weight is 369 g/mol. The zero-order valence-electron chi connectivity index (χ0n) is 13.3. The van der Waals surface area contributed by atoms with E-state index in [0.717, 1.165) is 36.6 Å². The topological polar surface area (TPSA) is 56.5 Å². The number of fused-ring (bicyclic) bond motifs is 1. The normalized spacial score (nSPS) is 34.1. The highest BCUT2D eigenvalue weighted by Crippen LogP contribution is 2.56. The van der Waals surface area contributed by atoms with Gasteiger partial charge in [0.15, 0.2) is 0 Å². The van der Waals surface area contributed by atoms with Crippen LogP contribution < -0.4 is 11.2 Å². The molecule has 0 radical (unpaired) electrons. The number of hydrogen-bond donors (Lipinski definition) is 2. The fraction of sp³-hybridized carbons (Fsp3) is 0.647. The number of ether oxygens (including phenoxy) is 1. The van der Waals surface area contributed by atoms with Crippen molar-refractivity contribution in [1.29, 1.82) is 0 Å². The second-order valence-corrected chi connectivity index (χ2v) is 7.57. The van der Waals surface area contributed by atoms with Gasteiger partial charge in [-0.25, -0.2) is 5.48 Å². The Labute approximate surface area is 140 Å². The zero-order chi connectivity index (χ0) is 15.8. The quantitative estimate of drug-likeness (QED) is 0.802. The van der Waals surface area contributed by atoms with Crippen molar-refractivity contribution < 1.29 is 9.57 Å². The Hall–Kier alpha value is -0.460. The molecule has 1 fully saturated rings. The number of rotatable bonds is 4. The largest absolute Gasteiger partial charge is 0.381 e. The SMILES string of the molecule is CNOCC1(N)c2cc(Br)ccc2CC12CCC(OC)CC2. The van der Waals surface area contributed by atoms with E-state index in [-0.39, 0.29) is 5.41 Å². The molecule has 3 rings (SSSR count). The first-order valence-electron chi connectivity index (χ1n) is 7.94. The molecule has 0 aromatic heterocycles. The minimum absolute atomic E-state index is 0.0714. The number of halogens is 1. The summed E-state index contributed by atoms with van der Waals surface area (Å²) in [7, 11) is 3.59. The molecule has 3 N–H and O–H groups in total. The van der Waals surface area contributed by atoms with E-state index < -0.39 is 5.54 Å². The summed E-state index contributed by atoms with van der Waals surface area (Å²) >= 11 is 3.59. The van der Waals surface area contributed by atoms with Crippen LogP contribution in [0, 0.1) is 5.41 Å². The van der Waals surface area contributed by atoms with Crippen LogP contribution >= 0.6 is 15.9 Å². The molecule has 5 heteroatoms. The molecule has 2 aliphatic carbocycles. The summed E-state index contributed by atoms with van der Waals surface area (Å²) in [6.45, 7) is 0.491. The van der Waals surface area contributed by atoms with Crippen molar-refractivity contribution >= 4 is 15.9 Å². The third kappa shape index (κ3) is 2.53. The highest BCUT2D eigenvalue weighted by atomic mass is 79.9. The van der Waals surface area contributed by atoms with Crippen molar-refractivity contribution in [2.24, 2.45) is 11.1 Å². The van der Waals surface area contributed by atoms with Crippen molar-refractivity contribution in [3.05, 3.63) is 33.8 Å². The van der Waals surface area contributed by atoms with Crippen molar-refractivity contribution in [2.75, 3.05) is 20.8 Å². The van der Waals surface area contributed by atoms with Gasteiger partial charge in [0.25, 0.3) is 0 Å². The Morgan fingerprint density at radius 3 is 2.73 bits per heavy atom. The van der Waals surface area contributed by atoms with Gasteiger partial charge in [-0.3, -0.25) is 4.84 Å². The van der Waals surface area contributed by atoms with Gasteiger partial charge < -0.3 is 10.5 Å². The summed E-state index contributed by atoms with van der Waals surface area (Å²) < 4.78 is 6.62. The molecule has 1 aromatic carbocycles. The number of hydrogen-bond acceptors (Lipinski definition) is 4. The molecular weight excluding hydrogens is 344 g/mol. The molecule has 22 heavy (non-hydrogen) atoms. The monoisotopic (exact) mass is 368 g/mol. The molecule has 0 aliphatic heterocycles. The summed E-state index contributed by atoms with van der Waals surface area (Å²) in [6, 6.07) is 6.49. The average Bonchev–Trinajstić information content (AvgIpc) is 2.76. The van der Waals surface area contributed by atoms with Gasteiger partial charge in [0.2, 0.25) is 0 Å². The lowest BCUT2D eigenvalue weighted by atomic mass is 9.62. The third-order valence-electron chi connectivity index (χ3n) is 5.69. The fourth-order valence-electron chi connectivity index (χ4n) is 4.35. The van der Waals surface area contributed by atoms with Gasteiger partial charge in [-0.2, -0.15) is 0 Å². The van der Waals surface area contributed by atoms with Crippen molar-refractivity contribution in [1.82, 2.24) is 5.48 Å². The van der Waals surface area contributed by atoms with Crippen LogP contribution in [-0.2, 0) is 21.5 Å². The first-order chi connectivity index (χ1) is 10.5. The van der Waals surface area contributed by atoms with E-state index in [0.29, 0.717) is 12.7 Å². The standard InChI is InChI=1S/C17H25BrN2O2/c1-20-22-11-17(19)15-9-13(18)4-3-12(15)10-16(17)7-5-14(21-2)6-8-16/h3-4,9,14,20H,5-8,10-11,19H2,1-2H3. The molecular formula is C17H25BrN2O2. The number of nitrogens with one attached hydrogen (secondary N) is 1. The van der Waals surface area contributed by atoms with E-state index >= 15 is 0 Å². The smallest absolute Gasteiger partial charge is 0.0909 e. The van der Waals surface area contributed by atoms with E-state index in [2.05, 4.69) is 39.6 Å². The molecule has 1 unspecified atom stereocenters. The van der Waals surface area contributed by atoms with Gasteiger partial charge in [0.1, 0.15) is 0 Å². The van der Waals surface area contributed by atoms with Crippen molar-refractivity contribution in [3.63, 3.8) is 0 Å². The molecule has 1 aromatic rings. The lowest BCUT2D eigenvalue weighted by molar-refractivity contribution is -0.0570. The molecule has 2 aliphatic rings. The molecule has 0 bridgehead atoms. The second kappa shape index (κ2) is 6.21. The third-order valence-corrected chi connectivity index (χ3v) is 6.19. The molecule has 0 saturated heterocycles. The van der Waals surface area contributed by atoms with Gasteiger partial charge in [-0.15, -0.1) is 0 Å². The van der Waals surface area contributed by atoms with Gasteiger partial charge in [-0.05, 0) is 60.8 Å². The molecule has 1 spiro atoms. The maximum Gasteiger partial charge on any atom is 0.0909 e. The Morgan fingerprint density at radius 1 is 1.36 bits per heavy atom. The van der Waals surface area contributed by atoms with E-state index in [1.54, 1.807) is 7.05 Å². The fourth-order valence-corrected chi connectivity index (χ4v) is 4.71. The Balaban J connectivity index is 1.97. The summed E-state index contributed by atoms with van der Waals surface area (Å²) in [5, 5.41) is 0. The number of hydroxylamine groups is 1. The second-order valence-electron chi connectivity index (χ2n) is 6.66. The Morgan fingerprint density at radius 2 is 2.09 bits per heavy atom. The van der Waals surface area contributed by atoms with Crippen LogP contribution in [0.4, 0.5) is 0 Å². The van der Waals surface area contributed by atoms with Crippen LogP contribution in [0.5, 0.6) is 0 Å². The first-order valence-corrected chi connectivity index (χ1v) is 8.73. The number of nitrogens with two attached hydrogens (primary N) is 1. The highest BCUT2D eigenvalue weighted by molar-refractivity contribution is 9.10. The molecule has 1 saturated carbocycles. The minimum Gasteiger partial charge on any atom is -0.381 e. The number of methoxy groups -OCH3 is 1. The van der Waals surface area contributed by atoms with Gasteiger partial charge in [0, 0.05) is 18.6 Å². The van der Waals surface area contributed by atoms with Crippen LogP contribution in [0.15, 0.2) is 22.7 Å². The van der Waals surface area contributed by atoms with Crippen LogP contribution in [-0.4, -0.2) is 26.9 Å². The van der Waals surface area contributed by atoms with Crippen LogP contribution in [0.25, 0.3) is 0 Å². The summed E-state index contributed by atoms with van der Waals surface area (Å²) in [4.78, 5) is 5.58. The van der Waals surface area contributed by atoms with E-state index in [4.69, 9.17) is 15.3 Å². The molecule has 0 amide bonds. The van der Waals surface area contributed by atoms with Crippen LogP contribution in [0.1, 0.15) is 36.8 Å². The van der Waals surface area contributed by atoms with E-state index in [1.807, 2.05) is 7.11 Å². The Bertz CT molecular complexity index is 543. The zero-order valence-corrected chi connectivity index (χ0v) is 14.9. The predicted octanol–water partition coefficient (Wildman–Crippen LogP) is 2.89. The van der Waals surface area contributed by atoms with Crippen LogP contribution in [0.2, 0.25) is 0 Å². The van der Waals surface area contributed by atoms with Gasteiger partial charge in [0.05, 0.1) is 18.2 Å². The molecule has 122 valence electrons. The lowest BCUT2D eigenvalue weighted by Crippen LogP contribution is -2.55. The van der Waals surface area contributed by atoms with E-state index in [9.17, 15) is 0 Å². The van der Waals surface area contributed by atoms with Crippen molar-refractivity contribution in [2.45, 2.75) is 43.7 Å². The van der Waals surface area contributed by atoms with Gasteiger partial charge >= 0.3 is 0 Å². The molecule has 4 nitrogen and oxygen atoms in total. The summed E-state index contributed by atoms with van der Waals surface area (Å²) in [6.07, 6.45) is 5.72. The molecule has 1 atom stereocenters. The summed E-state index contributed by atoms with van der Waals surface area (Å²) in [5.74, 6) is 0. The number of benzene rings is 1. The van der Waals surface area contributed by atoms with Crippen LogP contribution in [0.3, 0.4) is 0 Å². The maximum atomic E-state index is 7.00.